The quantitative estimate of drug-likeness (QED) is 0.911. The second kappa shape index (κ2) is 5.55. The molecule has 2 aromatic carbocycles. The summed E-state index contributed by atoms with van der Waals surface area (Å²) in [5.74, 6) is 2.51. The fourth-order valence-corrected chi connectivity index (χ4v) is 2.54. The Morgan fingerprint density at radius 2 is 1.90 bits per heavy atom. The van der Waals surface area contributed by atoms with Gasteiger partial charge in [0.05, 0.1) is 6.04 Å². The molecule has 1 aliphatic heterocycles. The molecule has 0 aliphatic carbocycles. The number of hydrogen-bond donors (Lipinski definition) is 1. The van der Waals surface area contributed by atoms with Crippen LogP contribution in [0.5, 0.6) is 17.2 Å². The predicted molar refractivity (Wildman–Crippen MR) is 79.2 cm³/mol. The molecular weight excluding hydrogens is 250 g/mol. The molecule has 2 aromatic rings. The van der Waals surface area contributed by atoms with Gasteiger partial charge in [-0.3, -0.25) is 0 Å². The summed E-state index contributed by atoms with van der Waals surface area (Å²) in [6, 6.07) is 15.5. The second-order valence-electron chi connectivity index (χ2n) is 5.09. The van der Waals surface area contributed by atoms with Crippen LogP contribution in [0.15, 0.2) is 48.5 Å². The maximum atomic E-state index is 6.26. The molecule has 0 fully saturated rings. The van der Waals surface area contributed by atoms with Crippen molar-refractivity contribution in [3.8, 4) is 17.2 Å². The molecule has 1 aliphatic rings. The van der Waals surface area contributed by atoms with Gasteiger partial charge in [-0.1, -0.05) is 31.5 Å². The maximum Gasteiger partial charge on any atom is 0.128 e. The number of para-hydroxylation sites is 1. The Labute approximate surface area is 119 Å². The van der Waals surface area contributed by atoms with Crippen molar-refractivity contribution in [3.63, 3.8) is 0 Å². The third-order valence-corrected chi connectivity index (χ3v) is 3.57. The highest BCUT2D eigenvalue weighted by Crippen LogP contribution is 2.39. The minimum absolute atomic E-state index is 0.0655. The number of nitrogens with two attached hydrogens (primary N) is 1. The molecule has 104 valence electrons. The van der Waals surface area contributed by atoms with Crippen LogP contribution in [0.3, 0.4) is 0 Å². The van der Waals surface area contributed by atoms with E-state index in [1.807, 2.05) is 48.5 Å². The van der Waals surface area contributed by atoms with Crippen LogP contribution in [0.25, 0.3) is 0 Å². The molecule has 3 heteroatoms. The summed E-state index contributed by atoms with van der Waals surface area (Å²) in [7, 11) is 0. The van der Waals surface area contributed by atoms with E-state index in [1.54, 1.807) is 0 Å². The van der Waals surface area contributed by atoms with Gasteiger partial charge in [0, 0.05) is 5.56 Å². The lowest BCUT2D eigenvalue weighted by atomic mass is 10.0. The summed E-state index contributed by atoms with van der Waals surface area (Å²) in [5.41, 5.74) is 7.30. The topological polar surface area (TPSA) is 44.5 Å². The first kappa shape index (κ1) is 13.0. The van der Waals surface area contributed by atoms with E-state index in [0.29, 0.717) is 0 Å². The average Bonchev–Trinajstić information content (AvgIpc) is 2.77. The zero-order chi connectivity index (χ0) is 13.9. The van der Waals surface area contributed by atoms with E-state index in [9.17, 15) is 0 Å². The Kier molecular flexibility index (Phi) is 3.61. The van der Waals surface area contributed by atoms with Crippen LogP contribution in [0.2, 0.25) is 0 Å². The molecule has 0 bridgehead atoms. The number of ether oxygens (including phenoxy) is 2. The molecular formula is C17H19NO2. The van der Waals surface area contributed by atoms with Crippen molar-refractivity contribution in [2.45, 2.75) is 31.9 Å². The summed E-state index contributed by atoms with van der Waals surface area (Å²) in [6.07, 6.45) is 2.13. The monoisotopic (exact) mass is 269 g/mol. The highest BCUT2D eigenvalue weighted by molar-refractivity contribution is 5.46. The minimum Gasteiger partial charge on any atom is -0.488 e. The van der Waals surface area contributed by atoms with E-state index >= 15 is 0 Å². The van der Waals surface area contributed by atoms with Gasteiger partial charge in [0.2, 0.25) is 0 Å². The van der Waals surface area contributed by atoms with E-state index in [4.69, 9.17) is 15.2 Å². The minimum atomic E-state index is -0.0655. The Hall–Kier alpha value is -2.00. The van der Waals surface area contributed by atoms with Gasteiger partial charge in [0.15, 0.2) is 0 Å². The van der Waals surface area contributed by atoms with Gasteiger partial charge in [-0.05, 0) is 36.8 Å². The van der Waals surface area contributed by atoms with Crippen LogP contribution >= 0.6 is 0 Å². The van der Waals surface area contributed by atoms with Gasteiger partial charge in [0.1, 0.15) is 23.4 Å². The smallest absolute Gasteiger partial charge is 0.128 e. The molecule has 0 amide bonds. The largest absolute Gasteiger partial charge is 0.488 e. The van der Waals surface area contributed by atoms with Crippen LogP contribution in [0.4, 0.5) is 0 Å². The molecule has 0 saturated heterocycles. The Balaban J connectivity index is 1.81. The fourth-order valence-electron chi connectivity index (χ4n) is 2.54. The molecule has 3 nitrogen and oxygen atoms in total. The Bertz CT molecular complexity index is 583. The van der Waals surface area contributed by atoms with Crippen LogP contribution in [0, 0.1) is 0 Å². The normalized spacial score (nSPS) is 20.3. The van der Waals surface area contributed by atoms with Gasteiger partial charge in [0.25, 0.3) is 0 Å². The summed E-state index contributed by atoms with van der Waals surface area (Å²) in [5, 5.41) is 0. The van der Waals surface area contributed by atoms with Gasteiger partial charge in [-0.15, -0.1) is 0 Å². The van der Waals surface area contributed by atoms with Crippen LogP contribution in [0.1, 0.15) is 31.4 Å². The standard InChI is InChI=1S/C17H19NO2/c1-2-6-16-17(18)14-11-13(9-10-15(14)20-16)19-12-7-4-3-5-8-12/h3-5,7-11,16-17H,2,6,18H2,1H3. The van der Waals surface area contributed by atoms with Crippen LogP contribution in [-0.2, 0) is 0 Å². The number of benzene rings is 2. The average molecular weight is 269 g/mol. The molecule has 2 atom stereocenters. The summed E-state index contributed by atoms with van der Waals surface area (Å²) >= 11 is 0. The zero-order valence-corrected chi connectivity index (χ0v) is 11.6. The fraction of sp³-hybridized carbons (Fsp3) is 0.294. The first-order chi connectivity index (χ1) is 9.78. The van der Waals surface area contributed by atoms with Crippen molar-refractivity contribution in [3.05, 3.63) is 54.1 Å². The van der Waals surface area contributed by atoms with E-state index in [-0.39, 0.29) is 12.1 Å². The molecule has 2 unspecified atom stereocenters. The highest BCUT2D eigenvalue weighted by atomic mass is 16.5. The third-order valence-electron chi connectivity index (χ3n) is 3.57. The lowest BCUT2D eigenvalue weighted by molar-refractivity contribution is 0.195. The van der Waals surface area contributed by atoms with Crippen molar-refractivity contribution in [1.82, 2.24) is 0 Å². The van der Waals surface area contributed by atoms with Crippen molar-refractivity contribution in [2.24, 2.45) is 5.73 Å². The van der Waals surface area contributed by atoms with Gasteiger partial charge < -0.3 is 15.2 Å². The summed E-state index contributed by atoms with van der Waals surface area (Å²) < 4.78 is 11.7. The number of hydrogen-bond acceptors (Lipinski definition) is 3. The third kappa shape index (κ3) is 2.49. The van der Waals surface area contributed by atoms with E-state index < -0.39 is 0 Å². The van der Waals surface area contributed by atoms with Gasteiger partial charge in [-0.25, -0.2) is 0 Å². The van der Waals surface area contributed by atoms with Crippen molar-refractivity contribution < 1.29 is 9.47 Å². The molecule has 0 spiro atoms. The van der Waals surface area contributed by atoms with E-state index in [0.717, 1.165) is 35.7 Å². The molecule has 3 rings (SSSR count). The predicted octanol–water partition coefficient (Wildman–Crippen LogP) is 4.04. The number of rotatable bonds is 4. The second-order valence-corrected chi connectivity index (χ2v) is 5.09. The SMILES string of the molecule is CCCC1Oc2ccc(Oc3ccccc3)cc2C1N. The Morgan fingerprint density at radius 3 is 2.65 bits per heavy atom. The van der Waals surface area contributed by atoms with Crippen molar-refractivity contribution in [2.75, 3.05) is 0 Å². The maximum absolute atomic E-state index is 6.26. The molecule has 0 saturated carbocycles. The lowest BCUT2D eigenvalue weighted by Gasteiger charge is -2.13. The van der Waals surface area contributed by atoms with Gasteiger partial charge in [-0.2, -0.15) is 0 Å². The molecule has 1 heterocycles. The number of fused-ring (bicyclic) bond motifs is 1. The lowest BCUT2D eigenvalue weighted by Crippen LogP contribution is -2.24. The summed E-state index contributed by atoms with van der Waals surface area (Å²) in [6.45, 7) is 2.14. The van der Waals surface area contributed by atoms with Crippen LogP contribution in [-0.4, -0.2) is 6.10 Å². The van der Waals surface area contributed by atoms with E-state index in [2.05, 4.69) is 6.92 Å². The molecule has 20 heavy (non-hydrogen) atoms. The highest BCUT2D eigenvalue weighted by Gasteiger charge is 2.31. The molecule has 0 radical (unpaired) electrons. The van der Waals surface area contributed by atoms with Crippen molar-refractivity contribution >= 4 is 0 Å². The van der Waals surface area contributed by atoms with E-state index in [1.165, 1.54) is 0 Å². The van der Waals surface area contributed by atoms with Gasteiger partial charge >= 0.3 is 0 Å². The molecule has 0 aromatic heterocycles. The van der Waals surface area contributed by atoms with Crippen LogP contribution < -0.4 is 15.2 Å². The Morgan fingerprint density at radius 1 is 1.10 bits per heavy atom. The zero-order valence-electron chi connectivity index (χ0n) is 11.6. The van der Waals surface area contributed by atoms with Crippen molar-refractivity contribution in [1.29, 1.82) is 0 Å². The first-order valence-electron chi connectivity index (χ1n) is 7.07. The first-order valence-corrected chi connectivity index (χ1v) is 7.07. The molecule has 2 N–H and O–H groups in total. The summed E-state index contributed by atoms with van der Waals surface area (Å²) in [4.78, 5) is 0.